The molecule has 1 amide bonds. The van der Waals surface area contributed by atoms with Crippen LogP contribution in [0.15, 0.2) is 65.6 Å². The van der Waals surface area contributed by atoms with E-state index in [1.54, 1.807) is 11.8 Å². The molecule has 1 N–H and O–H groups in total. The van der Waals surface area contributed by atoms with Gasteiger partial charge in [0, 0.05) is 16.4 Å². The van der Waals surface area contributed by atoms with Gasteiger partial charge in [-0.3, -0.25) is 4.79 Å². The van der Waals surface area contributed by atoms with Crippen molar-refractivity contribution in [1.82, 2.24) is 9.78 Å². The van der Waals surface area contributed by atoms with Crippen molar-refractivity contribution < 1.29 is 4.79 Å². The first-order valence-corrected chi connectivity index (χ1v) is 10.2. The Balaban J connectivity index is 1.93. The van der Waals surface area contributed by atoms with Gasteiger partial charge in [-0.1, -0.05) is 63.2 Å². The Labute approximate surface area is 165 Å². The number of thioether (sulfide) groups is 1. The number of nitrogens with one attached hydrogen (secondary N) is 1. The van der Waals surface area contributed by atoms with E-state index in [2.05, 4.69) is 38.2 Å². The summed E-state index contributed by atoms with van der Waals surface area (Å²) in [6, 6.07) is 19.8. The average molecular weight is 380 g/mol. The van der Waals surface area contributed by atoms with Gasteiger partial charge in [0.1, 0.15) is 5.82 Å². The minimum absolute atomic E-state index is 0.0986. The maximum atomic E-state index is 12.9. The van der Waals surface area contributed by atoms with Gasteiger partial charge in [-0.25, -0.2) is 4.68 Å². The highest BCUT2D eigenvalue weighted by Gasteiger charge is 2.21. The van der Waals surface area contributed by atoms with Crippen molar-refractivity contribution in [2.45, 2.75) is 37.6 Å². The van der Waals surface area contributed by atoms with Gasteiger partial charge in [0.25, 0.3) is 5.91 Å². The van der Waals surface area contributed by atoms with Crippen molar-refractivity contribution in [3.05, 3.63) is 77.5 Å². The quantitative estimate of drug-likeness (QED) is 0.620. The van der Waals surface area contributed by atoms with Gasteiger partial charge in [0.05, 0.1) is 17.8 Å². The molecule has 0 aliphatic rings. The molecule has 0 unspecified atom stereocenters. The van der Waals surface area contributed by atoms with E-state index >= 15 is 0 Å². The molecule has 4 nitrogen and oxygen atoms in total. The van der Waals surface area contributed by atoms with Crippen LogP contribution in [0.2, 0.25) is 0 Å². The number of carbonyl (C=O) groups excluding carboxylic acids is 1. The van der Waals surface area contributed by atoms with Crippen molar-refractivity contribution in [1.29, 1.82) is 0 Å². The number of carbonyl (C=O) groups is 1. The van der Waals surface area contributed by atoms with Gasteiger partial charge in [0.15, 0.2) is 0 Å². The third-order valence-electron chi connectivity index (χ3n) is 4.32. The Hall–Kier alpha value is -2.53. The Morgan fingerprint density at radius 3 is 2.41 bits per heavy atom. The molecule has 140 valence electrons. The Morgan fingerprint density at radius 2 is 1.74 bits per heavy atom. The van der Waals surface area contributed by atoms with Crippen LogP contribution in [0.3, 0.4) is 0 Å². The molecule has 1 heterocycles. The normalized spacial score (nSPS) is 11.4. The standard InChI is InChI=1S/C22H25N3OS/c1-22(2,3)19-14-20(25(24-19)15-16-10-6-5-7-11-16)23-21(26)17-12-8-9-13-18(17)27-4/h5-14H,15H2,1-4H3,(H,23,26). The van der Waals surface area contributed by atoms with Crippen LogP contribution in [-0.2, 0) is 12.0 Å². The summed E-state index contributed by atoms with van der Waals surface area (Å²) in [4.78, 5) is 13.9. The molecular formula is C22H25N3OS. The van der Waals surface area contributed by atoms with E-state index in [0.29, 0.717) is 17.9 Å². The topological polar surface area (TPSA) is 46.9 Å². The molecule has 3 rings (SSSR count). The maximum absolute atomic E-state index is 12.9. The predicted octanol–water partition coefficient (Wildman–Crippen LogP) is 5.20. The average Bonchev–Trinajstić information content (AvgIpc) is 3.05. The number of benzene rings is 2. The third kappa shape index (κ3) is 4.61. The highest BCUT2D eigenvalue weighted by molar-refractivity contribution is 7.98. The van der Waals surface area contributed by atoms with Gasteiger partial charge in [-0.2, -0.15) is 5.10 Å². The number of hydrogen-bond acceptors (Lipinski definition) is 3. The second-order valence-corrected chi connectivity index (χ2v) is 8.31. The van der Waals surface area contributed by atoms with E-state index in [-0.39, 0.29) is 11.3 Å². The van der Waals surface area contributed by atoms with E-state index < -0.39 is 0 Å². The second-order valence-electron chi connectivity index (χ2n) is 7.46. The van der Waals surface area contributed by atoms with E-state index in [1.165, 1.54) is 0 Å². The van der Waals surface area contributed by atoms with Crippen LogP contribution in [-0.4, -0.2) is 21.9 Å². The summed E-state index contributed by atoms with van der Waals surface area (Å²) in [5.41, 5.74) is 2.67. The smallest absolute Gasteiger partial charge is 0.257 e. The van der Waals surface area contributed by atoms with Crippen molar-refractivity contribution in [3.8, 4) is 0 Å². The van der Waals surface area contributed by atoms with E-state index in [4.69, 9.17) is 5.10 Å². The SMILES string of the molecule is CSc1ccccc1C(=O)Nc1cc(C(C)(C)C)nn1Cc1ccccc1. The Bertz CT molecular complexity index is 926. The zero-order valence-corrected chi connectivity index (χ0v) is 17.0. The van der Waals surface area contributed by atoms with Gasteiger partial charge in [0.2, 0.25) is 0 Å². The minimum atomic E-state index is -0.116. The molecule has 2 aromatic carbocycles. The predicted molar refractivity (Wildman–Crippen MR) is 113 cm³/mol. The maximum Gasteiger partial charge on any atom is 0.257 e. The van der Waals surface area contributed by atoms with Crippen molar-refractivity contribution in [3.63, 3.8) is 0 Å². The van der Waals surface area contributed by atoms with E-state index in [1.807, 2.05) is 59.5 Å². The van der Waals surface area contributed by atoms with Gasteiger partial charge in [-0.05, 0) is 24.0 Å². The molecular weight excluding hydrogens is 354 g/mol. The summed E-state index contributed by atoms with van der Waals surface area (Å²) >= 11 is 1.57. The van der Waals surface area contributed by atoms with Crippen LogP contribution >= 0.6 is 11.8 Å². The highest BCUT2D eigenvalue weighted by atomic mass is 32.2. The molecule has 0 atom stereocenters. The third-order valence-corrected chi connectivity index (χ3v) is 5.11. The molecule has 0 radical (unpaired) electrons. The molecule has 0 aliphatic heterocycles. The lowest BCUT2D eigenvalue weighted by molar-refractivity contribution is 0.102. The molecule has 27 heavy (non-hydrogen) atoms. The Kier molecular flexibility index (Phi) is 5.71. The molecule has 0 bridgehead atoms. The van der Waals surface area contributed by atoms with E-state index in [9.17, 15) is 4.79 Å². The highest BCUT2D eigenvalue weighted by Crippen LogP contribution is 2.26. The number of aromatic nitrogens is 2. The minimum Gasteiger partial charge on any atom is -0.307 e. The largest absolute Gasteiger partial charge is 0.307 e. The van der Waals surface area contributed by atoms with Crippen LogP contribution in [0.4, 0.5) is 5.82 Å². The molecule has 0 fully saturated rings. The second kappa shape index (κ2) is 8.01. The molecule has 3 aromatic rings. The zero-order valence-electron chi connectivity index (χ0n) is 16.2. The number of amides is 1. The fraction of sp³-hybridized carbons (Fsp3) is 0.273. The number of rotatable bonds is 5. The van der Waals surface area contributed by atoms with Crippen LogP contribution in [0, 0.1) is 0 Å². The first kappa shape index (κ1) is 19.2. The summed E-state index contributed by atoms with van der Waals surface area (Å²) in [5, 5.41) is 7.83. The summed E-state index contributed by atoms with van der Waals surface area (Å²) in [7, 11) is 0. The molecule has 5 heteroatoms. The Morgan fingerprint density at radius 1 is 1.07 bits per heavy atom. The molecule has 0 saturated heterocycles. The van der Waals surface area contributed by atoms with Gasteiger partial charge >= 0.3 is 0 Å². The fourth-order valence-electron chi connectivity index (χ4n) is 2.78. The molecule has 0 aliphatic carbocycles. The van der Waals surface area contributed by atoms with Crippen molar-refractivity contribution in [2.24, 2.45) is 0 Å². The lowest BCUT2D eigenvalue weighted by Crippen LogP contribution is -2.17. The van der Waals surface area contributed by atoms with Crippen LogP contribution < -0.4 is 5.32 Å². The summed E-state index contributed by atoms with van der Waals surface area (Å²) in [6.07, 6.45) is 1.98. The summed E-state index contributed by atoms with van der Waals surface area (Å²) in [6.45, 7) is 6.97. The lowest BCUT2D eigenvalue weighted by Gasteiger charge is -2.14. The van der Waals surface area contributed by atoms with Crippen LogP contribution in [0.25, 0.3) is 0 Å². The van der Waals surface area contributed by atoms with Gasteiger partial charge < -0.3 is 5.32 Å². The monoisotopic (exact) mass is 379 g/mol. The van der Waals surface area contributed by atoms with Crippen LogP contribution in [0.5, 0.6) is 0 Å². The number of nitrogens with zero attached hydrogens (tertiary/aromatic N) is 2. The van der Waals surface area contributed by atoms with Crippen molar-refractivity contribution in [2.75, 3.05) is 11.6 Å². The lowest BCUT2D eigenvalue weighted by atomic mass is 9.92. The van der Waals surface area contributed by atoms with Crippen molar-refractivity contribution >= 4 is 23.5 Å². The molecule has 1 aromatic heterocycles. The van der Waals surface area contributed by atoms with Crippen LogP contribution in [0.1, 0.15) is 42.4 Å². The summed E-state index contributed by atoms with van der Waals surface area (Å²) in [5.74, 6) is 0.597. The number of anilines is 1. The zero-order chi connectivity index (χ0) is 19.4. The molecule has 0 saturated carbocycles. The van der Waals surface area contributed by atoms with E-state index in [0.717, 1.165) is 16.2 Å². The number of hydrogen-bond donors (Lipinski definition) is 1. The first-order valence-electron chi connectivity index (χ1n) is 8.95. The molecule has 0 spiro atoms. The fourth-order valence-corrected chi connectivity index (χ4v) is 3.37. The van der Waals surface area contributed by atoms with Gasteiger partial charge in [-0.15, -0.1) is 11.8 Å². The summed E-state index contributed by atoms with van der Waals surface area (Å²) < 4.78 is 1.87. The first-order chi connectivity index (χ1) is 12.9.